The summed E-state index contributed by atoms with van der Waals surface area (Å²) in [6.07, 6.45) is 3.07. The predicted octanol–water partition coefficient (Wildman–Crippen LogP) is 0.731. The van der Waals surface area contributed by atoms with Crippen molar-refractivity contribution in [3.8, 4) is 0 Å². The Morgan fingerprint density at radius 1 is 1.06 bits per heavy atom. The number of aromatic carboxylic acids is 1. The molecule has 18 heavy (non-hydrogen) atoms. The molecule has 5 heteroatoms. The van der Waals surface area contributed by atoms with E-state index < -0.39 is 5.97 Å². The Balaban J connectivity index is 2.08. The maximum atomic E-state index is 10.9. The second-order valence-corrected chi connectivity index (χ2v) is 3.92. The molecule has 1 atom stereocenters. The van der Waals surface area contributed by atoms with Crippen LogP contribution in [0.25, 0.3) is 0 Å². The minimum Gasteiger partial charge on any atom is -0.478 e. The molecule has 0 spiro atoms. The van der Waals surface area contributed by atoms with E-state index in [9.17, 15) is 4.79 Å². The number of rotatable bonds is 2. The Morgan fingerprint density at radius 2 is 1.78 bits per heavy atom. The maximum absolute atomic E-state index is 10.9. The molecule has 0 amide bonds. The van der Waals surface area contributed by atoms with Gasteiger partial charge in [0.25, 0.3) is 0 Å². The van der Waals surface area contributed by atoms with E-state index in [1.807, 2.05) is 12.1 Å². The van der Waals surface area contributed by atoms with Crippen LogP contribution >= 0.6 is 0 Å². The van der Waals surface area contributed by atoms with E-state index in [0.29, 0.717) is 5.36 Å². The molecule has 1 unspecified atom stereocenters. The summed E-state index contributed by atoms with van der Waals surface area (Å²) in [6.45, 7) is 0. The fourth-order valence-electron chi connectivity index (χ4n) is 1.85. The Hall–Kier alpha value is -2.56. The lowest BCUT2D eigenvalue weighted by molar-refractivity contribution is 0.0696. The van der Waals surface area contributed by atoms with Crippen molar-refractivity contribution < 1.29 is 9.90 Å². The molecule has 0 saturated heterocycles. The van der Waals surface area contributed by atoms with Crippen molar-refractivity contribution in [2.45, 2.75) is 6.17 Å². The first kappa shape index (κ1) is 10.6. The Kier molecular flexibility index (Phi) is 2.37. The molecule has 5 nitrogen and oxygen atoms in total. The highest BCUT2D eigenvalue weighted by Crippen LogP contribution is 2.17. The molecule has 0 bridgehead atoms. The largest absolute Gasteiger partial charge is 0.478 e. The van der Waals surface area contributed by atoms with Crippen LogP contribution in [0.3, 0.4) is 0 Å². The van der Waals surface area contributed by atoms with Gasteiger partial charge in [0.15, 0.2) is 6.17 Å². The van der Waals surface area contributed by atoms with Gasteiger partial charge in [-0.15, -0.1) is 0 Å². The van der Waals surface area contributed by atoms with Crippen LogP contribution in [0.5, 0.6) is 0 Å². The van der Waals surface area contributed by atoms with Crippen LogP contribution in [-0.4, -0.2) is 16.1 Å². The highest BCUT2D eigenvalue weighted by molar-refractivity contribution is 5.87. The molecular formula is C13H9N3O2. The monoisotopic (exact) mass is 239 g/mol. The summed E-state index contributed by atoms with van der Waals surface area (Å²) < 4.78 is 0. The average Bonchev–Trinajstić information content (AvgIpc) is 2.82. The highest BCUT2D eigenvalue weighted by atomic mass is 16.4. The SMILES string of the molecule is O=C(O)c1ccc2c(c1)=NC(c1ccncc1)N=2. The van der Waals surface area contributed by atoms with Crippen LogP contribution in [-0.2, 0) is 0 Å². The first-order chi connectivity index (χ1) is 8.74. The summed E-state index contributed by atoms with van der Waals surface area (Å²) in [5.41, 5.74) is 1.17. The summed E-state index contributed by atoms with van der Waals surface area (Å²) in [7, 11) is 0. The molecule has 0 radical (unpaired) electrons. The fourth-order valence-corrected chi connectivity index (χ4v) is 1.85. The van der Waals surface area contributed by atoms with Gasteiger partial charge in [0, 0.05) is 18.0 Å². The predicted molar refractivity (Wildman–Crippen MR) is 62.7 cm³/mol. The van der Waals surface area contributed by atoms with E-state index in [0.717, 1.165) is 10.9 Å². The summed E-state index contributed by atoms with van der Waals surface area (Å²) in [5.74, 6) is -0.958. The van der Waals surface area contributed by atoms with Gasteiger partial charge in [0.1, 0.15) is 0 Å². The zero-order chi connectivity index (χ0) is 12.5. The number of benzene rings is 1. The Labute approximate surface area is 102 Å². The molecule has 0 fully saturated rings. The molecule has 1 N–H and O–H groups in total. The van der Waals surface area contributed by atoms with E-state index in [1.54, 1.807) is 24.5 Å². The van der Waals surface area contributed by atoms with Crippen LogP contribution in [0.4, 0.5) is 0 Å². The van der Waals surface area contributed by atoms with Crippen molar-refractivity contribution in [1.82, 2.24) is 4.98 Å². The molecule has 1 aromatic carbocycles. The Bertz CT molecular complexity index is 726. The first-order valence-electron chi connectivity index (χ1n) is 5.43. The molecule has 0 saturated carbocycles. The lowest BCUT2D eigenvalue weighted by atomic mass is 10.2. The Morgan fingerprint density at radius 3 is 2.50 bits per heavy atom. The number of hydrogen-bond donors (Lipinski definition) is 1. The number of fused-ring (bicyclic) bond motifs is 1. The van der Waals surface area contributed by atoms with Crippen molar-refractivity contribution in [2.24, 2.45) is 9.98 Å². The van der Waals surface area contributed by atoms with Crippen LogP contribution in [0, 0.1) is 0 Å². The molecule has 88 valence electrons. The molecule has 2 aromatic rings. The number of carboxylic acids is 1. The van der Waals surface area contributed by atoms with Gasteiger partial charge in [0.2, 0.25) is 0 Å². The van der Waals surface area contributed by atoms with Gasteiger partial charge in [-0.1, -0.05) is 0 Å². The van der Waals surface area contributed by atoms with Crippen LogP contribution in [0.1, 0.15) is 22.1 Å². The van der Waals surface area contributed by atoms with Gasteiger partial charge < -0.3 is 5.11 Å². The van der Waals surface area contributed by atoms with E-state index >= 15 is 0 Å². The van der Waals surface area contributed by atoms with Crippen LogP contribution in [0.15, 0.2) is 52.7 Å². The van der Waals surface area contributed by atoms with Crippen molar-refractivity contribution in [3.63, 3.8) is 0 Å². The first-order valence-corrected chi connectivity index (χ1v) is 5.43. The number of nitrogens with zero attached hydrogens (tertiary/aromatic N) is 3. The fraction of sp³-hybridized carbons (Fsp3) is 0.0769. The van der Waals surface area contributed by atoms with E-state index in [-0.39, 0.29) is 11.7 Å². The van der Waals surface area contributed by atoms with Crippen molar-refractivity contribution in [3.05, 3.63) is 64.6 Å². The summed E-state index contributed by atoms with van der Waals surface area (Å²) in [6, 6.07) is 8.46. The lowest BCUT2D eigenvalue weighted by Crippen LogP contribution is -2.22. The number of aromatic nitrogens is 1. The smallest absolute Gasteiger partial charge is 0.335 e. The zero-order valence-electron chi connectivity index (χ0n) is 9.32. The quantitative estimate of drug-likeness (QED) is 0.839. The molecule has 2 heterocycles. The molecule has 1 aromatic heterocycles. The normalized spacial score (nSPS) is 16.6. The third-order valence-corrected chi connectivity index (χ3v) is 2.75. The van der Waals surface area contributed by atoms with Gasteiger partial charge in [-0.05, 0) is 30.3 Å². The molecular weight excluding hydrogens is 230 g/mol. The van der Waals surface area contributed by atoms with Gasteiger partial charge >= 0.3 is 5.97 Å². The van der Waals surface area contributed by atoms with Crippen LogP contribution in [0.2, 0.25) is 0 Å². The molecule has 0 aliphatic carbocycles. The van der Waals surface area contributed by atoms with Crippen molar-refractivity contribution >= 4 is 5.97 Å². The minimum atomic E-state index is -0.958. The third-order valence-electron chi connectivity index (χ3n) is 2.75. The topological polar surface area (TPSA) is 74.9 Å². The number of pyridine rings is 1. The van der Waals surface area contributed by atoms with Crippen molar-refractivity contribution in [2.75, 3.05) is 0 Å². The summed E-state index contributed by atoms with van der Waals surface area (Å²) in [4.78, 5) is 23.7. The van der Waals surface area contributed by atoms with Gasteiger partial charge in [-0.25, -0.2) is 4.79 Å². The molecule has 1 aliphatic rings. The van der Waals surface area contributed by atoms with E-state index in [2.05, 4.69) is 15.0 Å². The second-order valence-electron chi connectivity index (χ2n) is 3.92. The van der Waals surface area contributed by atoms with Gasteiger partial charge in [-0.2, -0.15) is 0 Å². The average molecular weight is 239 g/mol. The molecule has 1 aliphatic heterocycles. The standard InChI is InChI=1S/C13H9N3O2/c17-13(18)9-1-2-10-11(7-9)16-12(15-10)8-3-5-14-6-4-8/h1-7,12H,(H,17,18). The number of hydrogen-bond acceptors (Lipinski definition) is 4. The second kappa shape index (κ2) is 4.03. The zero-order valence-corrected chi connectivity index (χ0v) is 9.32. The lowest BCUT2D eigenvalue weighted by Gasteiger charge is -2.02. The van der Waals surface area contributed by atoms with E-state index in [4.69, 9.17) is 5.11 Å². The maximum Gasteiger partial charge on any atom is 0.335 e. The van der Waals surface area contributed by atoms with Gasteiger partial charge in [0.05, 0.1) is 16.3 Å². The minimum absolute atomic E-state index is 0.225. The third kappa shape index (κ3) is 1.75. The molecule has 3 rings (SSSR count). The van der Waals surface area contributed by atoms with Gasteiger partial charge in [-0.3, -0.25) is 15.0 Å². The summed E-state index contributed by atoms with van der Waals surface area (Å²) >= 11 is 0. The highest BCUT2D eigenvalue weighted by Gasteiger charge is 2.13. The van der Waals surface area contributed by atoms with Crippen LogP contribution < -0.4 is 10.7 Å². The number of carbonyl (C=O) groups is 1. The van der Waals surface area contributed by atoms with E-state index in [1.165, 1.54) is 6.07 Å². The summed E-state index contributed by atoms with van der Waals surface area (Å²) in [5, 5.41) is 10.3. The van der Waals surface area contributed by atoms with Crippen molar-refractivity contribution in [1.29, 1.82) is 0 Å². The number of carboxylic acid groups (broad SMARTS) is 1.